The summed E-state index contributed by atoms with van der Waals surface area (Å²) >= 11 is 0. The van der Waals surface area contributed by atoms with E-state index in [4.69, 9.17) is 0 Å². The van der Waals surface area contributed by atoms with Crippen LogP contribution in [0.2, 0.25) is 0 Å². The Bertz CT molecular complexity index is 279. The van der Waals surface area contributed by atoms with Gasteiger partial charge in [-0.3, -0.25) is 9.69 Å². The molecule has 2 aliphatic heterocycles. The monoisotopic (exact) mass is 256 g/mol. The van der Waals surface area contributed by atoms with Crippen LogP contribution in [0.3, 0.4) is 0 Å². The van der Waals surface area contributed by atoms with E-state index in [2.05, 4.69) is 0 Å². The minimum absolute atomic E-state index is 0.0224. The first-order valence-electron chi connectivity index (χ1n) is 7.01. The van der Waals surface area contributed by atoms with Crippen molar-refractivity contribution in [2.75, 3.05) is 32.8 Å². The van der Waals surface area contributed by atoms with Gasteiger partial charge < -0.3 is 15.1 Å². The van der Waals surface area contributed by atoms with E-state index in [0.29, 0.717) is 25.9 Å². The standard InChI is InChI=1S/C13H24N2O3/c16-10-11-8-12(17)9-15(11)7-4-13(18)14-5-2-1-3-6-14/h11-12,16-17H,1-10H2/t11-,12-/m0/s1. The molecule has 0 aromatic heterocycles. The van der Waals surface area contributed by atoms with Gasteiger partial charge >= 0.3 is 0 Å². The second-order valence-corrected chi connectivity index (χ2v) is 5.41. The van der Waals surface area contributed by atoms with Crippen molar-refractivity contribution in [2.45, 2.75) is 44.2 Å². The maximum atomic E-state index is 12.0. The Hall–Kier alpha value is -0.650. The Balaban J connectivity index is 1.74. The number of carbonyl (C=O) groups excluding carboxylic acids is 1. The lowest BCUT2D eigenvalue weighted by Gasteiger charge is -2.28. The van der Waals surface area contributed by atoms with Crippen LogP contribution in [0.4, 0.5) is 0 Å². The Morgan fingerprint density at radius 3 is 2.61 bits per heavy atom. The number of amides is 1. The number of carbonyl (C=O) groups is 1. The predicted molar refractivity (Wildman–Crippen MR) is 68.1 cm³/mol. The summed E-state index contributed by atoms with van der Waals surface area (Å²) in [6, 6.07) is 0.0224. The van der Waals surface area contributed by atoms with Crippen molar-refractivity contribution in [1.82, 2.24) is 9.80 Å². The van der Waals surface area contributed by atoms with Crippen LogP contribution in [-0.4, -0.2) is 70.9 Å². The molecule has 2 aliphatic rings. The SMILES string of the molecule is O=C(CCN1C[C@@H](O)C[C@H]1CO)N1CCCCC1. The first-order chi connectivity index (χ1) is 8.70. The Kier molecular flexibility index (Phi) is 4.97. The minimum Gasteiger partial charge on any atom is -0.395 e. The van der Waals surface area contributed by atoms with Gasteiger partial charge in [0.1, 0.15) is 0 Å². The van der Waals surface area contributed by atoms with E-state index in [0.717, 1.165) is 25.9 Å². The fraction of sp³-hybridized carbons (Fsp3) is 0.923. The van der Waals surface area contributed by atoms with Crippen molar-refractivity contribution in [2.24, 2.45) is 0 Å². The number of hydrogen-bond acceptors (Lipinski definition) is 4. The first-order valence-corrected chi connectivity index (χ1v) is 7.01. The van der Waals surface area contributed by atoms with Gasteiger partial charge in [-0.25, -0.2) is 0 Å². The average molecular weight is 256 g/mol. The highest BCUT2D eigenvalue weighted by Gasteiger charge is 2.30. The molecule has 0 spiro atoms. The van der Waals surface area contributed by atoms with Gasteiger partial charge in [0.25, 0.3) is 0 Å². The Morgan fingerprint density at radius 1 is 1.22 bits per heavy atom. The van der Waals surface area contributed by atoms with Gasteiger partial charge in [-0.05, 0) is 25.7 Å². The van der Waals surface area contributed by atoms with Crippen molar-refractivity contribution in [3.05, 3.63) is 0 Å². The molecule has 104 valence electrons. The Morgan fingerprint density at radius 2 is 1.94 bits per heavy atom. The van der Waals surface area contributed by atoms with Gasteiger partial charge in [0.15, 0.2) is 0 Å². The van der Waals surface area contributed by atoms with Crippen LogP contribution < -0.4 is 0 Å². The molecule has 2 fully saturated rings. The maximum absolute atomic E-state index is 12.0. The van der Waals surface area contributed by atoms with E-state index in [1.54, 1.807) is 0 Å². The highest BCUT2D eigenvalue weighted by Crippen LogP contribution is 2.18. The van der Waals surface area contributed by atoms with Gasteiger partial charge in [-0.2, -0.15) is 0 Å². The van der Waals surface area contributed by atoms with Crippen LogP contribution in [0.15, 0.2) is 0 Å². The highest BCUT2D eigenvalue weighted by molar-refractivity contribution is 5.76. The number of aliphatic hydroxyl groups excluding tert-OH is 2. The molecule has 0 aromatic rings. The highest BCUT2D eigenvalue weighted by atomic mass is 16.3. The van der Waals surface area contributed by atoms with E-state index in [1.165, 1.54) is 6.42 Å². The molecule has 5 nitrogen and oxygen atoms in total. The lowest BCUT2D eigenvalue weighted by atomic mass is 10.1. The van der Waals surface area contributed by atoms with Crippen LogP contribution in [-0.2, 0) is 4.79 Å². The average Bonchev–Trinajstić information content (AvgIpc) is 2.77. The third-order valence-electron chi connectivity index (χ3n) is 4.04. The number of β-amino-alcohol motifs (C(OH)–C–C–N with tert-alkyl or cyclic N) is 1. The smallest absolute Gasteiger partial charge is 0.223 e. The van der Waals surface area contributed by atoms with Gasteiger partial charge in [-0.15, -0.1) is 0 Å². The normalized spacial score (nSPS) is 29.8. The number of hydrogen-bond donors (Lipinski definition) is 2. The van der Waals surface area contributed by atoms with Gasteiger partial charge in [0.05, 0.1) is 12.7 Å². The van der Waals surface area contributed by atoms with Crippen LogP contribution in [0.25, 0.3) is 0 Å². The molecule has 0 bridgehead atoms. The summed E-state index contributed by atoms with van der Waals surface area (Å²) in [4.78, 5) is 16.0. The van der Waals surface area contributed by atoms with Crippen LogP contribution in [0, 0.1) is 0 Å². The summed E-state index contributed by atoms with van der Waals surface area (Å²) in [5.41, 5.74) is 0. The van der Waals surface area contributed by atoms with Crippen LogP contribution in [0.5, 0.6) is 0 Å². The van der Waals surface area contributed by atoms with Crippen molar-refractivity contribution in [1.29, 1.82) is 0 Å². The van der Waals surface area contributed by atoms with E-state index < -0.39 is 0 Å². The number of nitrogens with zero attached hydrogens (tertiary/aromatic N) is 2. The second kappa shape index (κ2) is 6.50. The van der Waals surface area contributed by atoms with E-state index in [9.17, 15) is 15.0 Å². The quantitative estimate of drug-likeness (QED) is 0.732. The van der Waals surface area contributed by atoms with Gasteiger partial charge in [0.2, 0.25) is 5.91 Å². The molecule has 5 heteroatoms. The zero-order valence-electron chi connectivity index (χ0n) is 10.9. The molecule has 0 radical (unpaired) electrons. The molecule has 0 saturated carbocycles. The molecule has 2 heterocycles. The largest absolute Gasteiger partial charge is 0.395 e. The molecular weight excluding hydrogens is 232 g/mol. The fourth-order valence-electron chi connectivity index (χ4n) is 2.96. The topological polar surface area (TPSA) is 64.0 Å². The number of likely N-dealkylation sites (tertiary alicyclic amines) is 2. The summed E-state index contributed by atoms with van der Waals surface area (Å²) < 4.78 is 0. The second-order valence-electron chi connectivity index (χ2n) is 5.41. The Labute approximate surface area is 108 Å². The maximum Gasteiger partial charge on any atom is 0.223 e. The summed E-state index contributed by atoms with van der Waals surface area (Å²) in [6.07, 6.45) is 4.24. The molecule has 2 rings (SSSR count). The molecule has 0 aromatic carbocycles. The van der Waals surface area contributed by atoms with E-state index in [1.807, 2.05) is 9.80 Å². The molecule has 0 aliphatic carbocycles. The summed E-state index contributed by atoms with van der Waals surface area (Å²) in [7, 11) is 0. The fourth-order valence-corrected chi connectivity index (χ4v) is 2.96. The lowest BCUT2D eigenvalue weighted by Crippen LogP contribution is -2.39. The molecule has 1 amide bonds. The third kappa shape index (κ3) is 3.43. The van der Waals surface area contributed by atoms with Crippen molar-refractivity contribution in [3.8, 4) is 0 Å². The summed E-state index contributed by atoms with van der Waals surface area (Å²) in [6.45, 7) is 3.08. The summed E-state index contributed by atoms with van der Waals surface area (Å²) in [5.74, 6) is 0.216. The van der Waals surface area contributed by atoms with E-state index >= 15 is 0 Å². The third-order valence-corrected chi connectivity index (χ3v) is 4.04. The van der Waals surface area contributed by atoms with Crippen molar-refractivity contribution < 1.29 is 15.0 Å². The molecular formula is C13H24N2O3. The van der Waals surface area contributed by atoms with Gasteiger partial charge in [-0.1, -0.05) is 0 Å². The van der Waals surface area contributed by atoms with Gasteiger partial charge in [0, 0.05) is 38.6 Å². The molecule has 2 atom stereocenters. The molecule has 2 N–H and O–H groups in total. The number of piperidine rings is 1. The van der Waals surface area contributed by atoms with Crippen LogP contribution in [0.1, 0.15) is 32.1 Å². The zero-order valence-corrected chi connectivity index (χ0v) is 10.9. The first kappa shape index (κ1) is 13.8. The lowest BCUT2D eigenvalue weighted by molar-refractivity contribution is -0.132. The summed E-state index contributed by atoms with van der Waals surface area (Å²) in [5, 5.41) is 18.8. The predicted octanol–water partition coefficient (Wildman–Crippen LogP) is -0.184. The number of rotatable bonds is 4. The minimum atomic E-state index is -0.354. The van der Waals surface area contributed by atoms with Crippen molar-refractivity contribution >= 4 is 5.91 Å². The molecule has 2 saturated heterocycles. The molecule has 18 heavy (non-hydrogen) atoms. The molecule has 0 unspecified atom stereocenters. The van der Waals surface area contributed by atoms with Crippen molar-refractivity contribution in [3.63, 3.8) is 0 Å². The number of aliphatic hydroxyl groups is 2. The van der Waals surface area contributed by atoms with Crippen LogP contribution >= 0.6 is 0 Å². The zero-order chi connectivity index (χ0) is 13.0. The van der Waals surface area contributed by atoms with E-state index in [-0.39, 0.29) is 24.7 Å².